The first-order valence-corrected chi connectivity index (χ1v) is 3.24. The molecule has 0 unspecified atom stereocenters. The Morgan fingerprint density at radius 3 is 2.73 bits per heavy atom. The average molecular weight is 150 g/mol. The molecule has 0 spiro atoms. The molecule has 0 amide bonds. The number of hydrogen-bond acceptors (Lipinski definition) is 3. The van der Waals surface area contributed by atoms with Gasteiger partial charge >= 0.3 is 0 Å². The van der Waals surface area contributed by atoms with E-state index in [0.717, 1.165) is 12.0 Å². The Kier molecular flexibility index (Phi) is 1.85. The summed E-state index contributed by atoms with van der Waals surface area (Å²) < 4.78 is 1.79. The zero-order valence-electron chi connectivity index (χ0n) is 6.55. The third kappa shape index (κ3) is 1.19. The number of imidazole rings is 1. The van der Waals surface area contributed by atoms with Crippen LogP contribution < -0.4 is 0 Å². The number of rotatable bonds is 2. The Hall–Kier alpha value is -1.45. The van der Waals surface area contributed by atoms with Gasteiger partial charge in [0.2, 0.25) is 0 Å². The Morgan fingerprint density at radius 1 is 1.73 bits per heavy atom. The molecule has 0 aromatic carbocycles. The van der Waals surface area contributed by atoms with Gasteiger partial charge in [0.1, 0.15) is 5.82 Å². The third-order valence-corrected chi connectivity index (χ3v) is 1.64. The maximum absolute atomic E-state index is 7.33. The molecule has 0 radical (unpaired) electrons. The first-order valence-electron chi connectivity index (χ1n) is 3.24. The van der Waals surface area contributed by atoms with Crippen LogP contribution >= 0.6 is 0 Å². The molecule has 1 aromatic rings. The number of aromatic nitrogens is 2. The van der Waals surface area contributed by atoms with Crippen LogP contribution in [0, 0.1) is 17.7 Å². The summed E-state index contributed by atoms with van der Waals surface area (Å²) in [5.41, 5.74) is 0.866. The second-order valence-electron chi connectivity index (χ2n) is 2.31. The van der Waals surface area contributed by atoms with Gasteiger partial charge < -0.3 is 9.98 Å². The highest BCUT2D eigenvalue weighted by Gasteiger charge is 2.04. The summed E-state index contributed by atoms with van der Waals surface area (Å²) in [6.45, 7) is 1.86. The molecule has 0 aliphatic rings. The minimum atomic E-state index is 0.188. The van der Waals surface area contributed by atoms with E-state index in [0.29, 0.717) is 5.69 Å². The second kappa shape index (κ2) is 2.65. The Morgan fingerprint density at radius 2 is 2.36 bits per heavy atom. The predicted molar refractivity (Wildman–Crippen MR) is 43.6 cm³/mol. The monoisotopic (exact) mass is 150 g/mol. The number of hydrogen-bond donors (Lipinski definition) is 2. The highest BCUT2D eigenvalue weighted by Crippen LogP contribution is 2.00. The molecule has 0 saturated carbocycles. The zero-order chi connectivity index (χ0) is 8.43. The standard InChI is InChI=1S/C7H10N4/c1-5-10-4-7(11(5)2)6(9)3-8/h3-4,8-9H,1-2H3. The molecule has 0 saturated heterocycles. The van der Waals surface area contributed by atoms with E-state index in [9.17, 15) is 0 Å². The summed E-state index contributed by atoms with van der Waals surface area (Å²) in [7, 11) is 1.83. The van der Waals surface area contributed by atoms with Crippen molar-refractivity contribution in [2.45, 2.75) is 6.92 Å². The van der Waals surface area contributed by atoms with Gasteiger partial charge in [0, 0.05) is 13.3 Å². The van der Waals surface area contributed by atoms with Gasteiger partial charge in [-0.3, -0.25) is 5.41 Å². The third-order valence-electron chi connectivity index (χ3n) is 1.64. The van der Waals surface area contributed by atoms with Gasteiger partial charge in [-0.15, -0.1) is 0 Å². The van der Waals surface area contributed by atoms with Crippen LogP contribution in [0.4, 0.5) is 0 Å². The van der Waals surface area contributed by atoms with Crippen LogP contribution in [0.2, 0.25) is 0 Å². The lowest BCUT2D eigenvalue weighted by Gasteiger charge is -1.99. The highest BCUT2D eigenvalue weighted by atomic mass is 15.1. The van der Waals surface area contributed by atoms with Gasteiger partial charge in [0.25, 0.3) is 0 Å². The van der Waals surface area contributed by atoms with Crippen molar-refractivity contribution in [1.82, 2.24) is 9.55 Å². The lowest BCUT2D eigenvalue weighted by Crippen LogP contribution is -2.06. The molecule has 0 aliphatic carbocycles. The van der Waals surface area contributed by atoms with Gasteiger partial charge in [-0.2, -0.15) is 0 Å². The fourth-order valence-electron chi connectivity index (χ4n) is 0.826. The fraction of sp³-hybridized carbons (Fsp3) is 0.286. The van der Waals surface area contributed by atoms with Crippen molar-refractivity contribution in [2.75, 3.05) is 0 Å². The minimum absolute atomic E-state index is 0.188. The zero-order valence-corrected chi connectivity index (χ0v) is 6.55. The maximum Gasteiger partial charge on any atom is 0.105 e. The second-order valence-corrected chi connectivity index (χ2v) is 2.31. The van der Waals surface area contributed by atoms with Crippen molar-refractivity contribution in [3.05, 3.63) is 17.7 Å². The molecule has 1 rings (SSSR count). The minimum Gasteiger partial charge on any atom is -0.330 e. The van der Waals surface area contributed by atoms with E-state index >= 15 is 0 Å². The van der Waals surface area contributed by atoms with Gasteiger partial charge in [-0.05, 0) is 6.92 Å². The van der Waals surface area contributed by atoms with Crippen molar-refractivity contribution in [3.8, 4) is 0 Å². The Balaban J connectivity index is 3.14. The van der Waals surface area contributed by atoms with Crippen LogP contribution in [-0.4, -0.2) is 21.5 Å². The van der Waals surface area contributed by atoms with Crippen LogP contribution in [0.15, 0.2) is 6.20 Å². The summed E-state index contributed by atoms with van der Waals surface area (Å²) in [4.78, 5) is 4.00. The first-order chi connectivity index (χ1) is 5.16. The van der Waals surface area contributed by atoms with Crippen LogP contribution in [0.3, 0.4) is 0 Å². The van der Waals surface area contributed by atoms with Crippen LogP contribution in [0.25, 0.3) is 0 Å². The van der Waals surface area contributed by atoms with Crippen molar-refractivity contribution >= 4 is 11.9 Å². The molecule has 58 valence electrons. The molecule has 0 atom stereocenters. The van der Waals surface area contributed by atoms with Crippen molar-refractivity contribution in [3.63, 3.8) is 0 Å². The van der Waals surface area contributed by atoms with E-state index < -0.39 is 0 Å². The molecule has 0 fully saturated rings. The van der Waals surface area contributed by atoms with Crippen LogP contribution in [0.5, 0.6) is 0 Å². The number of aryl methyl sites for hydroxylation is 1. The molecular weight excluding hydrogens is 140 g/mol. The maximum atomic E-state index is 7.33. The summed E-state index contributed by atoms with van der Waals surface area (Å²) in [5, 5.41) is 14.2. The summed E-state index contributed by atoms with van der Waals surface area (Å²) in [5.74, 6) is 0.853. The molecule has 1 aromatic heterocycles. The summed E-state index contributed by atoms with van der Waals surface area (Å²) >= 11 is 0. The first kappa shape index (κ1) is 7.65. The molecule has 0 bridgehead atoms. The predicted octanol–water partition coefficient (Wildman–Crippen LogP) is 0.746. The Labute approximate surface area is 64.9 Å². The number of nitrogens with one attached hydrogen (secondary N) is 2. The lowest BCUT2D eigenvalue weighted by atomic mass is 10.3. The van der Waals surface area contributed by atoms with E-state index in [1.54, 1.807) is 10.8 Å². The van der Waals surface area contributed by atoms with Gasteiger partial charge in [0.15, 0.2) is 0 Å². The number of nitrogens with zero attached hydrogens (tertiary/aromatic N) is 2. The van der Waals surface area contributed by atoms with E-state index in [-0.39, 0.29) is 5.71 Å². The van der Waals surface area contributed by atoms with Crippen molar-refractivity contribution in [2.24, 2.45) is 7.05 Å². The van der Waals surface area contributed by atoms with E-state index in [4.69, 9.17) is 10.8 Å². The molecule has 0 aliphatic heterocycles. The topological polar surface area (TPSA) is 65.5 Å². The largest absolute Gasteiger partial charge is 0.330 e. The molecule has 4 heteroatoms. The molecular formula is C7H10N4. The van der Waals surface area contributed by atoms with Crippen LogP contribution in [-0.2, 0) is 7.05 Å². The van der Waals surface area contributed by atoms with Gasteiger partial charge in [0.05, 0.1) is 17.6 Å². The molecule has 4 nitrogen and oxygen atoms in total. The molecule has 1 heterocycles. The normalized spacial score (nSPS) is 9.64. The van der Waals surface area contributed by atoms with Crippen molar-refractivity contribution in [1.29, 1.82) is 10.8 Å². The smallest absolute Gasteiger partial charge is 0.105 e. The SMILES string of the molecule is Cc1ncc(C(=N)C=N)n1C. The van der Waals surface area contributed by atoms with E-state index in [1.165, 1.54) is 0 Å². The summed E-state index contributed by atoms with van der Waals surface area (Å²) in [6.07, 6.45) is 2.61. The highest BCUT2D eigenvalue weighted by molar-refractivity contribution is 6.35. The summed E-state index contributed by atoms with van der Waals surface area (Å²) in [6, 6.07) is 0. The quantitative estimate of drug-likeness (QED) is 0.600. The molecule has 11 heavy (non-hydrogen) atoms. The fourth-order valence-corrected chi connectivity index (χ4v) is 0.826. The van der Waals surface area contributed by atoms with E-state index in [1.807, 2.05) is 14.0 Å². The average Bonchev–Trinajstić information content (AvgIpc) is 2.32. The van der Waals surface area contributed by atoms with Gasteiger partial charge in [-0.1, -0.05) is 0 Å². The Bertz CT molecular complexity index is 297. The van der Waals surface area contributed by atoms with Crippen LogP contribution in [0.1, 0.15) is 11.5 Å². The van der Waals surface area contributed by atoms with Gasteiger partial charge in [-0.25, -0.2) is 4.98 Å². The molecule has 2 N–H and O–H groups in total. The lowest BCUT2D eigenvalue weighted by molar-refractivity contribution is 0.850. The van der Waals surface area contributed by atoms with E-state index in [2.05, 4.69) is 4.98 Å². The van der Waals surface area contributed by atoms with Crippen molar-refractivity contribution < 1.29 is 0 Å².